The normalized spacial score (nSPS) is 10.1. The molecule has 2 aromatic carbocycles. The molecule has 0 atom stereocenters. The van der Waals surface area contributed by atoms with Gasteiger partial charge >= 0.3 is 11.9 Å². The summed E-state index contributed by atoms with van der Waals surface area (Å²) in [4.78, 5) is 47.0. The molecule has 0 bridgehead atoms. The third-order valence-corrected chi connectivity index (χ3v) is 4.19. The minimum absolute atomic E-state index is 0.00499. The van der Waals surface area contributed by atoms with Crippen LogP contribution in [-0.2, 0) is 23.9 Å². The first-order valence-electron chi connectivity index (χ1n) is 10.1. The van der Waals surface area contributed by atoms with Gasteiger partial charge in [0.1, 0.15) is 5.75 Å². The first-order valence-corrected chi connectivity index (χ1v) is 10.1. The average molecular weight is 442 g/mol. The molecule has 0 saturated carbocycles. The Kier molecular flexibility index (Phi) is 9.70. The topological polar surface area (TPSA) is 120 Å². The van der Waals surface area contributed by atoms with Crippen molar-refractivity contribution in [2.24, 2.45) is 0 Å². The van der Waals surface area contributed by atoms with Gasteiger partial charge in [0.25, 0.3) is 5.91 Å². The van der Waals surface area contributed by atoms with Gasteiger partial charge in [-0.05, 0) is 61.9 Å². The SMILES string of the molecule is CCOc1ccc(NC(=O)COC(=O)CCCC(=O)Nc2ccc(C(=O)OC)cc2)cc1. The van der Waals surface area contributed by atoms with Crippen molar-refractivity contribution in [3.63, 3.8) is 0 Å². The Bertz CT molecular complexity index is 924. The molecule has 2 N–H and O–H groups in total. The molecule has 32 heavy (non-hydrogen) atoms. The zero-order valence-corrected chi connectivity index (χ0v) is 18.0. The van der Waals surface area contributed by atoms with Gasteiger partial charge < -0.3 is 24.8 Å². The van der Waals surface area contributed by atoms with Gasteiger partial charge in [-0.3, -0.25) is 14.4 Å². The molecule has 0 aliphatic rings. The van der Waals surface area contributed by atoms with E-state index < -0.39 is 24.5 Å². The maximum atomic E-state index is 12.0. The molecular weight excluding hydrogens is 416 g/mol. The molecule has 2 aromatic rings. The van der Waals surface area contributed by atoms with E-state index in [0.717, 1.165) is 0 Å². The Morgan fingerprint density at radius 1 is 0.812 bits per heavy atom. The second-order valence-electron chi connectivity index (χ2n) is 6.64. The number of ether oxygens (including phenoxy) is 3. The number of carbonyl (C=O) groups excluding carboxylic acids is 4. The summed E-state index contributed by atoms with van der Waals surface area (Å²) in [7, 11) is 1.29. The van der Waals surface area contributed by atoms with E-state index in [0.29, 0.717) is 29.3 Å². The Morgan fingerprint density at radius 2 is 1.41 bits per heavy atom. The van der Waals surface area contributed by atoms with Crippen LogP contribution in [0.25, 0.3) is 0 Å². The van der Waals surface area contributed by atoms with E-state index in [1.165, 1.54) is 19.2 Å². The van der Waals surface area contributed by atoms with Crippen LogP contribution in [0, 0.1) is 0 Å². The Balaban J connectivity index is 1.63. The molecule has 0 heterocycles. The number of hydrogen-bond acceptors (Lipinski definition) is 7. The molecule has 9 nitrogen and oxygen atoms in total. The maximum absolute atomic E-state index is 12.0. The molecule has 0 aliphatic carbocycles. The van der Waals surface area contributed by atoms with Crippen LogP contribution in [0.2, 0.25) is 0 Å². The molecule has 0 aliphatic heterocycles. The average Bonchev–Trinajstić information content (AvgIpc) is 2.79. The van der Waals surface area contributed by atoms with Crippen LogP contribution in [0.3, 0.4) is 0 Å². The molecule has 0 spiro atoms. The third-order valence-electron chi connectivity index (χ3n) is 4.19. The van der Waals surface area contributed by atoms with Gasteiger partial charge in [-0.1, -0.05) is 0 Å². The number of nitrogens with one attached hydrogen (secondary N) is 2. The van der Waals surface area contributed by atoms with Crippen molar-refractivity contribution < 1.29 is 33.4 Å². The summed E-state index contributed by atoms with van der Waals surface area (Å²) in [6.45, 7) is 2.01. The lowest BCUT2D eigenvalue weighted by molar-refractivity contribution is -0.147. The lowest BCUT2D eigenvalue weighted by Crippen LogP contribution is -2.21. The van der Waals surface area contributed by atoms with Crippen molar-refractivity contribution in [1.82, 2.24) is 0 Å². The van der Waals surface area contributed by atoms with E-state index in [1.807, 2.05) is 6.92 Å². The fourth-order valence-electron chi connectivity index (χ4n) is 2.64. The number of anilines is 2. The fourth-order valence-corrected chi connectivity index (χ4v) is 2.64. The first kappa shape index (κ1) is 24.4. The second-order valence-corrected chi connectivity index (χ2v) is 6.64. The van der Waals surface area contributed by atoms with E-state index in [-0.39, 0.29) is 25.2 Å². The van der Waals surface area contributed by atoms with E-state index in [2.05, 4.69) is 15.4 Å². The van der Waals surface area contributed by atoms with Crippen LogP contribution in [0.1, 0.15) is 36.5 Å². The first-order chi connectivity index (χ1) is 15.4. The molecule has 0 aromatic heterocycles. The summed E-state index contributed by atoms with van der Waals surface area (Å²) in [5, 5.41) is 5.29. The van der Waals surface area contributed by atoms with Crippen LogP contribution in [0.15, 0.2) is 48.5 Å². The van der Waals surface area contributed by atoms with Gasteiger partial charge in [0.15, 0.2) is 6.61 Å². The zero-order chi connectivity index (χ0) is 23.3. The van der Waals surface area contributed by atoms with Crippen LogP contribution >= 0.6 is 0 Å². The van der Waals surface area contributed by atoms with Crippen molar-refractivity contribution in [3.05, 3.63) is 54.1 Å². The highest BCUT2D eigenvalue weighted by Crippen LogP contribution is 2.15. The summed E-state index contributed by atoms with van der Waals surface area (Å²) < 4.78 is 14.9. The van der Waals surface area contributed by atoms with Crippen LogP contribution in [-0.4, -0.2) is 44.1 Å². The van der Waals surface area contributed by atoms with Gasteiger partial charge in [-0.15, -0.1) is 0 Å². The van der Waals surface area contributed by atoms with Crippen molar-refractivity contribution in [1.29, 1.82) is 0 Å². The third kappa shape index (κ3) is 8.47. The molecule has 2 amide bonds. The zero-order valence-electron chi connectivity index (χ0n) is 18.0. The highest BCUT2D eigenvalue weighted by atomic mass is 16.5. The number of hydrogen-bond donors (Lipinski definition) is 2. The van der Waals surface area contributed by atoms with Gasteiger partial charge in [0.05, 0.1) is 19.3 Å². The maximum Gasteiger partial charge on any atom is 0.337 e. The summed E-state index contributed by atoms with van der Waals surface area (Å²) in [6, 6.07) is 13.1. The Hall–Kier alpha value is -3.88. The minimum atomic E-state index is -0.568. The lowest BCUT2D eigenvalue weighted by Gasteiger charge is -2.08. The van der Waals surface area contributed by atoms with E-state index in [9.17, 15) is 19.2 Å². The summed E-state index contributed by atoms with van der Waals surface area (Å²) in [5.41, 5.74) is 1.46. The number of benzene rings is 2. The van der Waals surface area contributed by atoms with Crippen LogP contribution < -0.4 is 15.4 Å². The molecule has 0 radical (unpaired) electrons. The van der Waals surface area contributed by atoms with Crippen molar-refractivity contribution in [3.8, 4) is 5.75 Å². The molecule has 2 rings (SSSR count). The van der Waals surface area contributed by atoms with E-state index in [4.69, 9.17) is 9.47 Å². The predicted molar refractivity (Wildman–Crippen MR) is 117 cm³/mol. The fraction of sp³-hybridized carbons (Fsp3) is 0.304. The standard InChI is InChI=1S/C23H26N2O7/c1-3-31-19-13-11-18(12-14-19)25-21(27)15-32-22(28)6-4-5-20(26)24-17-9-7-16(8-10-17)23(29)30-2/h7-14H,3-6,15H2,1-2H3,(H,24,26)(H,25,27). The van der Waals surface area contributed by atoms with Gasteiger partial charge in [0, 0.05) is 24.2 Å². The number of amides is 2. The molecule has 0 saturated heterocycles. The van der Waals surface area contributed by atoms with Crippen LogP contribution in [0.5, 0.6) is 5.75 Å². The number of carbonyl (C=O) groups is 4. The summed E-state index contributed by atoms with van der Waals surface area (Å²) >= 11 is 0. The van der Waals surface area contributed by atoms with Gasteiger partial charge in [-0.25, -0.2) is 4.79 Å². The number of rotatable bonds is 11. The molecule has 0 unspecified atom stereocenters. The highest BCUT2D eigenvalue weighted by Gasteiger charge is 2.10. The van der Waals surface area contributed by atoms with Gasteiger partial charge in [0.2, 0.25) is 5.91 Å². The van der Waals surface area contributed by atoms with Crippen molar-refractivity contribution in [2.75, 3.05) is 31.0 Å². The molecule has 170 valence electrons. The predicted octanol–water partition coefficient (Wildman–Crippen LogP) is 3.16. The lowest BCUT2D eigenvalue weighted by atomic mass is 10.2. The van der Waals surface area contributed by atoms with E-state index >= 15 is 0 Å². The quantitative estimate of drug-likeness (QED) is 0.513. The van der Waals surface area contributed by atoms with Crippen LogP contribution in [0.4, 0.5) is 11.4 Å². The number of methoxy groups -OCH3 is 1. The summed E-state index contributed by atoms with van der Waals surface area (Å²) in [5.74, 6) is -1.08. The molecular formula is C23H26N2O7. The Labute approximate surface area is 186 Å². The number of esters is 2. The Morgan fingerprint density at radius 3 is 2.00 bits per heavy atom. The van der Waals surface area contributed by atoms with E-state index in [1.54, 1.807) is 36.4 Å². The highest BCUT2D eigenvalue weighted by molar-refractivity contribution is 5.94. The summed E-state index contributed by atoms with van der Waals surface area (Å²) in [6.07, 6.45) is 0.378. The largest absolute Gasteiger partial charge is 0.494 e. The van der Waals surface area contributed by atoms with Crippen molar-refractivity contribution in [2.45, 2.75) is 26.2 Å². The van der Waals surface area contributed by atoms with Gasteiger partial charge in [-0.2, -0.15) is 0 Å². The minimum Gasteiger partial charge on any atom is -0.494 e. The monoisotopic (exact) mass is 442 g/mol. The van der Waals surface area contributed by atoms with Crippen molar-refractivity contribution >= 4 is 35.1 Å². The smallest absolute Gasteiger partial charge is 0.337 e. The molecule has 0 fully saturated rings. The molecule has 9 heteroatoms. The second kappa shape index (κ2) is 12.7.